The van der Waals surface area contributed by atoms with E-state index in [9.17, 15) is 0 Å². The molecule has 0 aromatic heterocycles. The minimum Gasteiger partial charge on any atom is -0.386 e. The van der Waals surface area contributed by atoms with Crippen molar-refractivity contribution in [3.05, 3.63) is 0 Å². The summed E-state index contributed by atoms with van der Waals surface area (Å²) in [4.78, 5) is 0. The topological polar surface area (TPSA) is 26.0 Å². The standard InChI is InChI=1S/C7H17NS2.Cd/c1-3-5-10(6-4-2)7(8)9;/h10H,3-6H2,1-2H3,(H2,8,9);. The van der Waals surface area contributed by atoms with Crippen LogP contribution in [0.2, 0.25) is 0 Å². The van der Waals surface area contributed by atoms with Gasteiger partial charge in [-0.3, -0.25) is 0 Å². The average molecular weight is 292 g/mol. The fraction of sp³-hybridized carbons (Fsp3) is 0.857. The number of thiocarbonyl (C=S) groups is 1. The SMILES string of the molecule is CCC[SH](CCC)C(N)=S.[Cd]. The molecule has 0 spiro atoms. The Morgan fingerprint density at radius 3 is 1.82 bits per heavy atom. The van der Waals surface area contributed by atoms with Gasteiger partial charge in [-0.1, -0.05) is 26.1 Å². The molecule has 0 rings (SSSR count). The quantitative estimate of drug-likeness (QED) is 0.471. The van der Waals surface area contributed by atoms with E-state index in [2.05, 4.69) is 13.8 Å². The van der Waals surface area contributed by atoms with Gasteiger partial charge in [-0.05, 0) is 24.3 Å². The minimum atomic E-state index is -0.111. The Morgan fingerprint density at radius 2 is 1.64 bits per heavy atom. The molecule has 0 atom stereocenters. The molecule has 0 saturated carbocycles. The van der Waals surface area contributed by atoms with Gasteiger partial charge in [0.2, 0.25) is 0 Å². The molecule has 0 amide bonds. The van der Waals surface area contributed by atoms with Gasteiger partial charge >= 0.3 is 0 Å². The van der Waals surface area contributed by atoms with E-state index in [1.807, 2.05) is 0 Å². The van der Waals surface area contributed by atoms with Crippen LogP contribution in [0.5, 0.6) is 0 Å². The van der Waals surface area contributed by atoms with Crippen molar-refractivity contribution in [3.8, 4) is 0 Å². The van der Waals surface area contributed by atoms with E-state index in [0.717, 1.165) is 4.32 Å². The van der Waals surface area contributed by atoms with Crippen molar-refractivity contribution in [1.82, 2.24) is 0 Å². The maximum atomic E-state index is 5.57. The Morgan fingerprint density at radius 1 is 1.27 bits per heavy atom. The average Bonchev–Trinajstić information content (AvgIpc) is 1.87. The second-order valence-corrected chi connectivity index (χ2v) is 5.52. The van der Waals surface area contributed by atoms with Crippen LogP contribution in [0.15, 0.2) is 0 Å². The van der Waals surface area contributed by atoms with Crippen molar-refractivity contribution >= 4 is 27.4 Å². The zero-order valence-electron chi connectivity index (χ0n) is 7.47. The molecule has 0 fully saturated rings. The third-order valence-corrected chi connectivity index (χ3v) is 4.67. The molecule has 11 heavy (non-hydrogen) atoms. The minimum absolute atomic E-state index is 0. The van der Waals surface area contributed by atoms with Crippen molar-refractivity contribution in [2.45, 2.75) is 26.7 Å². The van der Waals surface area contributed by atoms with Crippen molar-refractivity contribution in [2.24, 2.45) is 5.73 Å². The molecular weight excluding hydrogens is 275 g/mol. The molecule has 2 N–H and O–H groups in total. The van der Waals surface area contributed by atoms with Crippen LogP contribution in [0.1, 0.15) is 26.7 Å². The summed E-state index contributed by atoms with van der Waals surface area (Å²) in [5, 5.41) is 0. The Hall–Kier alpha value is 1.16. The maximum absolute atomic E-state index is 5.57. The molecule has 64 valence electrons. The van der Waals surface area contributed by atoms with E-state index >= 15 is 0 Å². The summed E-state index contributed by atoms with van der Waals surface area (Å²) in [7, 11) is -0.111. The molecule has 0 heterocycles. The summed E-state index contributed by atoms with van der Waals surface area (Å²) in [5.74, 6) is 2.44. The van der Waals surface area contributed by atoms with Crippen LogP contribution in [-0.2, 0) is 27.3 Å². The van der Waals surface area contributed by atoms with Crippen molar-refractivity contribution in [2.75, 3.05) is 11.5 Å². The molecule has 0 aliphatic heterocycles. The molecule has 0 bridgehead atoms. The summed E-state index contributed by atoms with van der Waals surface area (Å²) < 4.78 is 0.763. The van der Waals surface area contributed by atoms with Gasteiger partial charge in [0.15, 0.2) is 0 Å². The number of nitrogens with two attached hydrogens (primary N) is 1. The van der Waals surface area contributed by atoms with Crippen LogP contribution in [0.3, 0.4) is 0 Å². The number of thiol groups is 1. The van der Waals surface area contributed by atoms with E-state index < -0.39 is 0 Å². The Labute approximate surface area is 98.0 Å². The molecule has 0 radical (unpaired) electrons. The Kier molecular flexibility index (Phi) is 12.3. The maximum Gasteiger partial charge on any atom is 0.111 e. The zero-order valence-corrected chi connectivity index (χ0v) is 13.2. The molecule has 4 heteroatoms. The molecule has 0 aromatic carbocycles. The van der Waals surface area contributed by atoms with E-state index in [-0.39, 0.29) is 38.2 Å². The first-order chi connectivity index (χ1) is 4.72. The molecule has 0 aromatic rings. The molecule has 0 unspecified atom stereocenters. The van der Waals surface area contributed by atoms with Gasteiger partial charge in [0.25, 0.3) is 0 Å². The normalized spacial score (nSPS) is 10.2. The van der Waals surface area contributed by atoms with Crippen LogP contribution >= 0.6 is 23.1 Å². The van der Waals surface area contributed by atoms with E-state index in [1.165, 1.54) is 24.3 Å². The summed E-state index contributed by atoms with van der Waals surface area (Å²) in [6, 6.07) is 0. The fourth-order valence-electron chi connectivity index (χ4n) is 0.872. The zero-order chi connectivity index (χ0) is 7.98. The predicted octanol–water partition coefficient (Wildman–Crippen LogP) is 2.05. The van der Waals surface area contributed by atoms with Gasteiger partial charge < -0.3 is 5.73 Å². The number of rotatable bonds is 4. The van der Waals surface area contributed by atoms with Crippen LogP contribution in [0.25, 0.3) is 0 Å². The number of hydrogen-bond donors (Lipinski definition) is 2. The number of hydrogen-bond acceptors (Lipinski definition) is 1. The van der Waals surface area contributed by atoms with Gasteiger partial charge in [-0.2, -0.15) is 0 Å². The van der Waals surface area contributed by atoms with Gasteiger partial charge in [0.1, 0.15) is 4.32 Å². The smallest absolute Gasteiger partial charge is 0.111 e. The van der Waals surface area contributed by atoms with Gasteiger partial charge in [0, 0.05) is 27.3 Å². The van der Waals surface area contributed by atoms with Crippen molar-refractivity contribution in [1.29, 1.82) is 0 Å². The van der Waals surface area contributed by atoms with Crippen molar-refractivity contribution in [3.63, 3.8) is 0 Å². The third kappa shape index (κ3) is 7.52. The third-order valence-electron chi connectivity index (χ3n) is 1.30. The molecule has 0 aliphatic carbocycles. The second-order valence-electron chi connectivity index (χ2n) is 2.33. The van der Waals surface area contributed by atoms with Gasteiger partial charge in [-0.25, -0.2) is 10.9 Å². The summed E-state index contributed by atoms with van der Waals surface area (Å²) >= 11 is 4.95. The van der Waals surface area contributed by atoms with Gasteiger partial charge in [-0.15, -0.1) is 0 Å². The summed E-state index contributed by atoms with van der Waals surface area (Å²) in [5.41, 5.74) is 5.57. The first-order valence-corrected chi connectivity index (χ1v) is 5.88. The molecule has 0 saturated heterocycles. The van der Waals surface area contributed by atoms with Crippen LogP contribution in [0.4, 0.5) is 0 Å². The first-order valence-electron chi connectivity index (χ1n) is 3.76. The first kappa shape index (κ1) is 14.7. The largest absolute Gasteiger partial charge is 0.386 e. The van der Waals surface area contributed by atoms with Crippen LogP contribution in [0, 0.1) is 0 Å². The summed E-state index contributed by atoms with van der Waals surface area (Å²) in [6.07, 6.45) is 2.42. The molecular formula is C7H17CdNS2. The summed E-state index contributed by atoms with van der Waals surface area (Å²) in [6.45, 7) is 4.37. The van der Waals surface area contributed by atoms with Crippen LogP contribution < -0.4 is 5.73 Å². The molecule has 0 aliphatic rings. The molecule has 1 nitrogen and oxygen atoms in total. The van der Waals surface area contributed by atoms with Crippen molar-refractivity contribution < 1.29 is 27.3 Å². The van der Waals surface area contributed by atoms with E-state index in [4.69, 9.17) is 18.0 Å². The van der Waals surface area contributed by atoms with E-state index in [1.54, 1.807) is 0 Å². The predicted molar refractivity (Wildman–Crippen MR) is 56.1 cm³/mol. The second kappa shape index (κ2) is 9.25. The monoisotopic (exact) mass is 293 g/mol. The Balaban J connectivity index is 0. The van der Waals surface area contributed by atoms with Crippen LogP contribution in [-0.4, -0.2) is 15.8 Å². The fourth-order valence-corrected chi connectivity index (χ4v) is 3.16. The van der Waals surface area contributed by atoms with E-state index in [0.29, 0.717) is 0 Å². The van der Waals surface area contributed by atoms with Gasteiger partial charge in [0.05, 0.1) is 0 Å². The Bertz CT molecular complexity index is 103.